The quantitative estimate of drug-likeness (QED) is 0.651. The number of benzene rings is 2. The Hall–Kier alpha value is -2.21. The van der Waals surface area contributed by atoms with Crippen LogP contribution in [-0.2, 0) is 0 Å². The summed E-state index contributed by atoms with van der Waals surface area (Å²) in [7, 11) is 0. The normalized spacial score (nSPS) is 11.7. The van der Waals surface area contributed by atoms with Crippen molar-refractivity contribution in [3.05, 3.63) is 99.4 Å². The molecule has 3 aromatic rings. The van der Waals surface area contributed by atoms with Crippen LogP contribution < -0.4 is 5.32 Å². The monoisotopic (exact) mass is 414 g/mol. The summed E-state index contributed by atoms with van der Waals surface area (Å²) in [4.78, 5) is 16.6. The van der Waals surface area contributed by atoms with Crippen LogP contribution in [0.2, 0.25) is 0 Å². The van der Waals surface area contributed by atoms with Crippen LogP contribution in [0.1, 0.15) is 27.5 Å². The van der Waals surface area contributed by atoms with Crippen molar-refractivity contribution in [3.63, 3.8) is 0 Å². The van der Waals surface area contributed by atoms with Gasteiger partial charge in [0.2, 0.25) is 0 Å². The second-order valence-electron chi connectivity index (χ2n) is 5.10. The lowest BCUT2D eigenvalue weighted by atomic mass is 9.99. The summed E-state index contributed by atoms with van der Waals surface area (Å²) in [5.41, 5.74) is 2.70. The predicted octanol–water partition coefficient (Wildman–Crippen LogP) is 4.21. The molecule has 2 aromatic carbocycles. The van der Waals surface area contributed by atoms with E-state index in [4.69, 9.17) is 0 Å². The first-order chi connectivity index (χ1) is 11.2. The van der Waals surface area contributed by atoms with Gasteiger partial charge in [-0.3, -0.25) is 9.78 Å². The molecule has 0 fully saturated rings. The van der Waals surface area contributed by atoms with E-state index in [1.54, 1.807) is 12.4 Å². The molecule has 3 nitrogen and oxygen atoms in total. The number of carbonyl (C=O) groups excluding carboxylic acids is 1. The van der Waals surface area contributed by atoms with Gasteiger partial charge in [0.15, 0.2) is 0 Å². The van der Waals surface area contributed by atoms with Crippen molar-refractivity contribution in [2.75, 3.05) is 0 Å². The molecule has 3 rings (SSSR count). The van der Waals surface area contributed by atoms with Crippen molar-refractivity contribution in [1.82, 2.24) is 10.3 Å². The molecule has 1 amide bonds. The predicted molar refractivity (Wildman–Crippen MR) is 99.1 cm³/mol. The summed E-state index contributed by atoms with van der Waals surface area (Å²) >= 11 is 2.23. The largest absolute Gasteiger partial charge is 0.341 e. The number of nitrogens with one attached hydrogen (secondary N) is 1. The van der Waals surface area contributed by atoms with Crippen LogP contribution in [0.4, 0.5) is 0 Å². The fraction of sp³-hybridized carbons (Fsp3) is 0.0526. The number of nitrogens with zero attached hydrogens (tertiary/aromatic N) is 1. The first-order valence-corrected chi connectivity index (χ1v) is 8.33. The number of halogens is 1. The molecule has 0 spiro atoms. The molecule has 4 heteroatoms. The van der Waals surface area contributed by atoms with Gasteiger partial charge in [-0.05, 0) is 70.1 Å². The maximum atomic E-state index is 12.6. The fourth-order valence-electron chi connectivity index (χ4n) is 2.38. The Morgan fingerprint density at radius 2 is 1.48 bits per heavy atom. The molecule has 1 atom stereocenters. The number of carbonyl (C=O) groups is 1. The number of pyridine rings is 1. The summed E-state index contributed by atoms with van der Waals surface area (Å²) in [6.45, 7) is 0. The SMILES string of the molecule is O=C(NC(c1ccccc1)c1ccncc1)c1ccc(I)cc1. The average Bonchev–Trinajstić information content (AvgIpc) is 2.61. The van der Waals surface area contributed by atoms with Gasteiger partial charge in [0.25, 0.3) is 5.91 Å². The van der Waals surface area contributed by atoms with E-state index < -0.39 is 0 Å². The van der Waals surface area contributed by atoms with Crippen LogP contribution in [0.15, 0.2) is 79.1 Å². The maximum Gasteiger partial charge on any atom is 0.252 e. The van der Waals surface area contributed by atoms with Gasteiger partial charge in [-0.2, -0.15) is 0 Å². The first kappa shape index (κ1) is 15.7. The van der Waals surface area contributed by atoms with Gasteiger partial charge < -0.3 is 5.32 Å². The Morgan fingerprint density at radius 1 is 0.870 bits per heavy atom. The summed E-state index contributed by atoms with van der Waals surface area (Å²) in [6, 6.07) is 21.1. The van der Waals surface area contributed by atoms with E-state index in [0.29, 0.717) is 5.56 Å². The van der Waals surface area contributed by atoms with Gasteiger partial charge in [0.05, 0.1) is 6.04 Å². The fourth-order valence-corrected chi connectivity index (χ4v) is 2.74. The molecule has 0 radical (unpaired) electrons. The Bertz CT molecular complexity index is 734. The van der Waals surface area contributed by atoms with Crippen LogP contribution >= 0.6 is 22.6 Å². The standard InChI is InChI=1S/C19H15IN2O/c20-17-8-6-16(7-9-17)19(23)22-18(14-4-2-1-3-5-14)15-10-12-21-13-11-15/h1-13,18H,(H,22,23). The van der Waals surface area contributed by atoms with Crippen molar-refractivity contribution in [2.45, 2.75) is 6.04 Å². The number of rotatable bonds is 4. The van der Waals surface area contributed by atoms with Gasteiger partial charge in [0, 0.05) is 21.5 Å². The Balaban J connectivity index is 1.90. The smallest absolute Gasteiger partial charge is 0.252 e. The van der Waals surface area contributed by atoms with Crippen molar-refractivity contribution in [2.24, 2.45) is 0 Å². The zero-order valence-electron chi connectivity index (χ0n) is 12.3. The van der Waals surface area contributed by atoms with Crippen LogP contribution in [0.3, 0.4) is 0 Å². The topological polar surface area (TPSA) is 42.0 Å². The van der Waals surface area contributed by atoms with Gasteiger partial charge in [-0.25, -0.2) is 0 Å². The van der Waals surface area contributed by atoms with Crippen molar-refractivity contribution in [3.8, 4) is 0 Å². The van der Waals surface area contributed by atoms with Gasteiger partial charge in [0.1, 0.15) is 0 Å². The first-order valence-electron chi connectivity index (χ1n) is 7.25. The van der Waals surface area contributed by atoms with E-state index in [2.05, 4.69) is 32.9 Å². The zero-order valence-corrected chi connectivity index (χ0v) is 14.5. The van der Waals surface area contributed by atoms with E-state index in [9.17, 15) is 4.79 Å². The van der Waals surface area contributed by atoms with Crippen LogP contribution in [0, 0.1) is 3.57 Å². The molecule has 23 heavy (non-hydrogen) atoms. The molecular weight excluding hydrogens is 399 g/mol. The maximum absolute atomic E-state index is 12.6. The van der Waals surface area contributed by atoms with Crippen molar-refractivity contribution in [1.29, 1.82) is 0 Å². The lowest BCUT2D eigenvalue weighted by Crippen LogP contribution is -2.29. The van der Waals surface area contributed by atoms with Crippen LogP contribution in [0.25, 0.3) is 0 Å². The minimum Gasteiger partial charge on any atom is -0.341 e. The third-order valence-electron chi connectivity index (χ3n) is 3.55. The molecule has 0 aliphatic carbocycles. The molecule has 0 bridgehead atoms. The molecule has 0 aliphatic heterocycles. The lowest BCUT2D eigenvalue weighted by molar-refractivity contribution is 0.0943. The zero-order chi connectivity index (χ0) is 16.1. The Kier molecular flexibility index (Phi) is 5.02. The molecule has 114 valence electrons. The van der Waals surface area contributed by atoms with Gasteiger partial charge in [-0.15, -0.1) is 0 Å². The average molecular weight is 414 g/mol. The van der Waals surface area contributed by atoms with E-state index in [1.807, 2.05) is 66.7 Å². The summed E-state index contributed by atoms with van der Waals surface area (Å²) in [6.07, 6.45) is 3.48. The minimum atomic E-state index is -0.203. The van der Waals surface area contributed by atoms with E-state index in [0.717, 1.165) is 14.7 Å². The van der Waals surface area contributed by atoms with Crippen molar-refractivity contribution < 1.29 is 4.79 Å². The van der Waals surface area contributed by atoms with E-state index in [1.165, 1.54) is 0 Å². The third-order valence-corrected chi connectivity index (χ3v) is 4.27. The minimum absolute atomic E-state index is 0.0907. The summed E-state index contributed by atoms with van der Waals surface area (Å²) in [5.74, 6) is -0.0907. The summed E-state index contributed by atoms with van der Waals surface area (Å²) in [5, 5.41) is 3.12. The molecule has 1 aromatic heterocycles. The van der Waals surface area contributed by atoms with Gasteiger partial charge >= 0.3 is 0 Å². The Labute approximate surface area is 148 Å². The molecule has 0 saturated heterocycles. The Morgan fingerprint density at radius 3 is 2.13 bits per heavy atom. The molecule has 1 unspecified atom stereocenters. The third kappa shape index (κ3) is 3.96. The van der Waals surface area contributed by atoms with E-state index >= 15 is 0 Å². The second kappa shape index (κ2) is 7.37. The number of aromatic nitrogens is 1. The molecule has 0 saturated carbocycles. The number of amides is 1. The lowest BCUT2D eigenvalue weighted by Gasteiger charge is -2.19. The highest BCUT2D eigenvalue weighted by Crippen LogP contribution is 2.22. The summed E-state index contributed by atoms with van der Waals surface area (Å²) < 4.78 is 1.10. The second-order valence-corrected chi connectivity index (χ2v) is 6.35. The van der Waals surface area contributed by atoms with Crippen LogP contribution in [0.5, 0.6) is 0 Å². The highest BCUT2D eigenvalue weighted by molar-refractivity contribution is 14.1. The van der Waals surface area contributed by atoms with Crippen LogP contribution in [-0.4, -0.2) is 10.9 Å². The van der Waals surface area contributed by atoms with E-state index in [-0.39, 0.29) is 11.9 Å². The molecule has 1 N–H and O–H groups in total. The van der Waals surface area contributed by atoms with Crippen molar-refractivity contribution >= 4 is 28.5 Å². The number of hydrogen-bond acceptors (Lipinski definition) is 2. The molecule has 1 heterocycles. The number of hydrogen-bond donors (Lipinski definition) is 1. The highest BCUT2D eigenvalue weighted by atomic mass is 127. The molecular formula is C19H15IN2O. The highest BCUT2D eigenvalue weighted by Gasteiger charge is 2.17. The molecule has 0 aliphatic rings. The van der Waals surface area contributed by atoms with Gasteiger partial charge in [-0.1, -0.05) is 30.3 Å².